The van der Waals surface area contributed by atoms with Gasteiger partial charge in [0, 0.05) is 127 Å². The van der Waals surface area contributed by atoms with E-state index < -0.39 is 0 Å². The minimum Gasteiger partial charge on any atom is -0.345 e. The van der Waals surface area contributed by atoms with Gasteiger partial charge in [0.1, 0.15) is 0 Å². The summed E-state index contributed by atoms with van der Waals surface area (Å²) in [5, 5.41) is 12.5. The highest BCUT2D eigenvalue weighted by molar-refractivity contribution is 7.26. The molecule has 0 aliphatic heterocycles. The maximum absolute atomic E-state index is 7.39. The molecule has 0 atom stereocenters. The Morgan fingerprint density at radius 3 is 1.35 bits per heavy atom. The Labute approximate surface area is 522 Å². The van der Waals surface area contributed by atoms with Gasteiger partial charge in [0.15, 0.2) is 17.1 Å². The van der Waals surface area contributed by atoms with Crippen LogP contribution in [0, 0.1) is 19.7 Å². The van der Waals surface area contributed by atoms with Crippen LogP contribution in [0.15, 0.2) is 237 Å². The number of hydrogen-bond acceptors (Lipinski definition) is 2. The van der Waals surface area contributed by atoms with E-state index in [4.69, 9.17) is 19.7 Å². The van der Waals surface area contributed by atoms with Gasteiger partial charge in [-0.15, -0.1) is 22.7 Å². The van der Waals surface area contributed by atoms with Gasteiger partial charge in [-0.1, -0.05) is 159 Å². The van der Waals surface area contributed by atoms with Crippen molar-refractivity contribution in [2.24, 2.45) is 21.1 Å². The van der Waals surface area contributed by atoms with Crippen LogP contribution in [-0.2, 0) is 26.6 Å². The molecule has 0 spiro atoms. The molecule has 18 rings (SSSR count). The van der Waals surface area contributed by atoms with Crippen LogP contribution in [0.4, 0.5) is 17.1 Å². The first-order valence-corrected chi connectivity index (χ1v) is 31.4. The molecule has 8 heteroatoms. The van der Waals surface area contributed by atoms with Crippen LogP contribution in [-0.4, -0.2) is 13.7 Å². The Balaban J connectivity index is 0.000000107. The minimum atomic E-state index is -0.00395. The van der Waals surface area contributed by atoms with Crippen molar-refractivity contribution in [1.82, 2.24) is 13.7 Å². The van der Waals surface area contributed by atoms with Crippen molar-refractivity contribution in [2.45, 2.75) is 19.3 Å². The molecule has 17 aromatic rings. The molecule has 5 aromatic heterocycles. The third-order valence-corrected chi connectivity index (χ3v) is 21.1. The molecule has 89 heavy (non-hydrogen) atoms. The Kier molecular flexibility index (Phi) is 12.3. The number of aryl methyl sites for hydroxylation is 3. The first-order chi connectivity index (χ1) is 43.5. The van der Waals surface area contributed by atoms with Crippen LogP contribution in [0.5, 0.6) is 0 Å². The highest BCUT2D eigenvalue weighted by Crippen LogP contribution is 2.50. The van der Waals surface area contributed by atoms with Gasteiger partial charge in [-0.3, -0.25) is 0 Å². The van der Waals surface area contributed by atoms with E-state index >= 15 is 0 Å². The molecule has 420 valence electrons. The van der Waals surface area contributed by atoms with E-state index in [9.17, 15) is 0 Å². The Morgan fingerprint density at radius 1 is 0.292 bits per heavy atom. The van der Waals surface area contributed by atoms with E-state index in [0.29, 0.717) is 17.1 Å². The monoisotopic (exact) mass is 1170 g/mol. The van der Waals surface area contributed by atoms with Crippen molar-refractivity contribution in [2.75, 3.05) is 0 Å². The number of fused-ring (bicyclic) bond motifs is 18. The molecule has 0 N–H and O–H groups in total. The van der Waals surface area contributed by atoms with Crippen molar-refractivity contribution in [3.63, 3.8) is 0 Å². The van der Waals surface area contributed by atoms with Crippen LogP contribution in [0.3, 0.4) is 0 Å². The summed E-state index contributed by atoms with van der Waals surface area (Å²) in [6.45, 7) is 26.6. The van der Waals surface area contributed by atoms with Gasteiger partial charge < -0.3 is 13.7 Å². The molecule has 0 saturated carbocycles. The standard InChI is InChI=1S/C29H22N2.2C26H16N2S/c1-29(2)25-8-6-5-7-21(25)22-12-9-19(16-26(22)29)18-10-13-27-23(15-18)24-17-20(30-3)11-14-28(24)31(27)4;1-27-17-11-12-19-22-14-16(10-13-23(22)28(2)24(19)15-17)18-7-5-8-21-20-6-3-4-9-25(20)29-26(18)21;1-27-18-9-10-19-21-13-16(7-11-23(21)28(2)24(19)15-18)17-8-12-26-22(14-17)20-5-3-4-6-25(20)29-26/h5-17H,1-2,4H3;2*3-15H,2H3. The molecule has 0 radical (unpaired) electrons. The zero-order valence-electron chi connectivity index (χ0n) is 49.5. The van der Waals surface area contributed by atoms with Crippen LogP contribution in [0.2, 0.25) is 0 Å². The molecule has 0 saturated heterocycles. The lowest BCUT2D eigenvalue weighted by atomic mass is 9.81. The maximum Gasteiger partial charge on any atom is 0.189 e. The van der Waals surface area contributed by atoms with E-state index in [0.717, 1.165) is 21.9 Å². The molecule has 5 heterocycles. The van der Waals surface area contributed by atoms with Gasteiger partial charge in [0.25, 0.3) is 0 Å². The topological polar surface area (TPSA) is 27.9 Å². The number of aromatic nitrogens is 3. The van der Waals surface area contributed by atoms with Crippen LogP contribution in [0.1, 0.15) is 25.0 Å². The first kappa shape index (κ1) is 53.4. The number of hydrogen-bond donors (Lipinski definition) is 0. The predicted molar refractivity (Wildman–Crippen MR) is 380 cm³/mol. The van der Waals surface area contributed by atoms with E-state index in [1.807, 2.05) is 59.1 Å². The number of benzene rings is 12. The minimum absolute atomic E-state index is 0.00395. The summed E-state index contributed by atoms with van der Waals surface area (Å²) in [5.74, 6) is 0. The number of nitrogens with zero attached hydrogens (tertiary/aromatic N) is 6. The molecule has 0 unspecified atom stereocenters. The quantitative estimate of drug-likeness (QED) is 0.158. The largest absolute Gasteiger partial charge is 0.345 e. The van der Waals surface area contributed by atoms with E-state index in [1.54, 1.807) is 0 Å². The van der Waals surface area contributed by atoms with Gasteiger partial charge in [0.05, 0.1) is 19.7 Å². The van der Waals surface area contributed by atoms with Crippen molar-refractivity contribution in [3.05, 3.63) is 282 Å². The van der Waals surface area contributed by atoms with Crippen molar-refractivity contribution >= 4 is 145 Å². The number of rotatable bonds is 3. The summed E-state index contributed by atoms with van der Waals surface area (Å²) < 4.78 is 11.9. The third kappa shape index (κ3) is 8.47. The zero-order chi connectivity index (χ0) is 60.4. The normalized spacial score (nSPS) is 12.4. The van der Waals surface area contributed by atoms with Crippen molar-refractivity contribution in [1.29, 1.82) is 0 Å². The Morgan fingerprint density at radius 2 is 0.708 bits per heavy atom. The second-order valence-electron chi connectivity index (χ2n) is 23.8. The first-order valence-electron chi connectivity index (χ1n) is 29.7. The maximum atomic E-state index is 7.39. The van der Waals surface area contributed by atoms with Gasteiger partial charge >= 0.3 is 0 Å². The fourth-order valence-corrected chi connectivity index (χ4v) is 16.4. The molecule has 0 amide bonds. The average molecular weight is 1180 g/mol. The van der Waals surface area contributed by atoms with E-state index in [2.05, 4.69) is 263 Å². The van der Waals surface area contributed by atoms with Crippen LogP contribution in [0.25, 0.3) is 165 Å². The summed E-state index contributed by atoms with van der Waals surface area (Å²) in [4.78, 5) is 10.8. The van der Waals surface area contributed by atoms with E-state index in [1.165, 1.54) is 139 Å². The van der Waals surface area contributed by atoms with Gasteiger partial charge in [0.2, 0.25) is 0 Å². The van der Waals surface area contributed by atoms with Crippen molar-refractivity contribution < 1.29 is 0 Å². The second kappa shape index (κ2) is 20.6. The summed E-state index contributed by atoms with van der Waals surface area (Å²) in [5.41, 5.74) is 21.9. The lowest BCUT2D eigenvalue weighted by molar-refractivity contribution is 0.660. The van der Waals surface area contributed by atoms with Gasteiger partial charge in [-0.05, 0) is 152 Å². The molecule has 0 bridgehead atoms. The Hall–Kier alpha value is -11.1. The highest BCUT2D eigenvalue weighted by atomic mass is 32.1. The molecule has 6 nitrogen and oxygen atoms in total. The van der Waals surface area contributed by atoms with E-state index in [-0.39, 0.29) is 5.41 Å². The Bertz CT molecular complexity index is 5980. The molecular weight excluding hydrogens is 1120 g/mol. The predicted octanol–water partition coefficient (Wildman–Crippen LogP) is 23.7. The lowest BCUT2D eigenvalue weighted by Crippen LogP contribution is -2.14. The summed E-state index contributed by atoms with van der Waals surface area (Å²) in [7, 11) is 6.24. The van der Waals surface area contributed by atoms with Gasteiger partial charge in [-0.25, -0.2) is 14.5 Å². The van der Waals surface area contributed by atoms with Crippen LogP contribution < -0.4 is 0 Å². The molecular formula is C81H54N6S2. The molecule has 0 fully saturated rings. The highest BCUT2D eigenvalue weighted by Gasteiger charge is 2.35. The second-order valence-corrected chi connectivity index (χ2v) is 26.0. The van der Waals surface area contributed by atoms with Crippen molar-refractivity contribution in [3.8, 4) is 44.5 Å². The summed E-state index contributed by atoms with van der Waals surface area (Å²) >= 11 is 3.71. The lowest BCUT2D eigenvalue weighted by Gasteiger charge is -2.22. The number of thiophene rings is 2. The summed E-state index contributed by atoms with van der Waals surface area (Å²) in [6.07, 6.45) is 0. The third-order valence-electron chi connectivity index (χ3n) is 18.7. The zero-order valence-corrected chi connectivity index (χ0v) is 51.1. The van der Waals surface area contributed by atoms with Gasteiger partial charge in [-0.2, -0.15) is 0 Å². The fraction of sp³-hybridized carbons (Fsp3) is 0.0741. The SMILES string of the molecule is [C-]#[N+]c1ccc2c(c1)c1cc(-c3ccc4c(c3)C(C)(C)c3ccccc3-4)ccc1n2C.[C-]#[N+]c1ccc2c3cc(-c4ccc5sc6ccccc6c5c4)ccc3n(C)c2c1.[C-]#[N+]c1ccc2c3cc(-c4cccc5c4sc4ccccc45)ccc3n(C)c2c1. The fourth-order valence-electron chi connectivity index (χ4n) is 14.1. The molecule has 1 aliphatic rings. The average Bonchev–Trinajstić information content (AvgIpc) is 1.73. The smallest absolute Gasteiger partial charge is 0.189 e. The van der Waals surface area contributed by atoms with Crippen LogP contribution >= 0.6 is 22.7 Å². The molecule has 12 aromatic carbocycles. The molecule has 1 aliphatic carbocycles. The summed E-state index contributed by atoms with van der Waals surface area (Å²) in [6, 6.07) is 84.3.